The molecule has 2 atom stereocenters. The third-order valence-corrected chi connectivity index (χ3v) is 4.04. The minimum absolute atomic E-state index is 0.298. The second-order valence-corrected chi connectivity index (χ2v) is 6.48. The van der Waals surface area contributed by atoms with Gasteiger partial charge >= 0.3 is 6.09 Å². The molecule has 1 fully saturated rings. The summed E-state index contributed by atoms with van der Waals surface area (Å²) in [5, 5.41) is 19.9. The van der Waals surface area contributed by atoms with Crippen molar-refractivity contribution in [3.63, 3.8) is 0 Å². The van der Waals surface area contributed by atoms with Gasteiger partial charge in [-0.2, -0.15) is 0 Å². The lowest BCUT2D eigenvalue weighted by atomic mass is 9.91. The molecule has 21 heavy (non-hydrogen) atoms. The first kappa shape index (κ1) is 15.8. The first-order chi connectivity index (χ1) is 9.65. The van der Waals surface area contributed by atoms with Crippen molar-refractivity contribution in [3.8, 4) is 0 Å². The number of aliphatic hydroxyl groups excluding tert-OH is 1. The zero-order chi connectivity index (χ0) is 15.8. The fourth-order valence-electron chi connectivity index (χ4n) is 3.22. The van der Waals surface area contributed by atoms with E-state index in [0.29, 0.717) is 6.42 Å². The molecule has 1 aliphatic rings. The van der Waals surface area contributed by atoms with Crippen molar-refractivity contribution in [1.29, 1.82) is 0 Å². The predicted octanol–water partition coefficient (Wildman–Crippen LogP) is 3.00. The number of aliphatic hydroxyl groups is 1. The molecule has 1 aliphatic heterocycles. The van der Waals surface area contributed by atoms with Crippen molar-refractivity contribution < 1.29 is 19.7 Å². The van der Waals surface area contributed by atoms with E-state index < -0.39 is 29.6 Å². The Hall–Kier alpha value is -1.59. The highest BCUT2D eigenvalue weighted by Crippen LogP contribution is 2.42. The average molecular weight is 293 g/mol. The number of ether oxygens (including phenoxy) is 1. The van der Waals surface area contributed by atoms with Crippen LogP contribution in [0.3, 0.4) is 0 Å². The SMILES string of the molecule is CC1(C)OC(C)(C)N(C(=O)O)[C@H]1C[C@@H](O)c1ccccc1. The van der Waals surface area contributed by atoms with Gasteiger partial charge in [-0.15, -0.1) is 0 Å². The van der Waals surface area contributed by atoms with Gasteiger partial charge in [-0.25, -0.2) is 4.79 Å². The molecule has 1 amide bonds. The summed E-state index contributed by atoms with van der Waals surface area (Å²) in [6.07, 6.45) is -1.46. The summed E-state index contributed by atoms with van der Waals surface area (Å²) in [5.41, 5.74) is -0.781. The molecule has 1 aromatic rings. The molecule has 1 heterocycles. The van der Waals surface area contributed by atoms with Crippen LogP contribution in [-0.4, -0.2) is 38.6 Å². The van der Waals surface area contributed by atoms with Crippen LogP contribution in [0.5, 0.6) is 0 Å². The van der Waals surface area contributed by atoms with Crippen LogP contribution in [0.1, 0.15) is 45.8 Å². The minimum atomic E-state index is -1.03. The van der Waals surface area contributed by atoms with E-state index in [0.717, 1.165) is 5.56 Å². The summed E-state index contributed by atoms with van der Waals surface area (Å²) >= 11 is 0. The molecular weight excluding hydrogens is 270 g/mol. The predicted molar refractivity (Wildman–Crippen MR) is 78.9 cm³/mol. The van der Waals surface area contributed by atoms with Crippen LogP contribution < -0.4 is 0 Å². The van der Waals surface area contributed by atoms with Crippen LogP contribution >= 0.6 is 0 Å². The molecular formula is C16H23NO4. The van der Waals surface area contributed by atoms with Crippen molar-refractivity contribution in [2.45, 2.75) is 57.6 Å². The quantitative estimate of drug-likeness (QED) is 0.898. The third-order valence-electron chi connectivity index (χ3n) is 4.04. The third kappa shape index (κ3) is 3.04. The second-order valence-electron chi connectivity index (χ2n) is 6.48. The maximum absolute atomic E-state index is 11.6. The smallest absolute Gasteiger partial charge is 0.409 e. The van der Waals surface area contributed by atoms with Gasteiger partial charge in [0.1, 0.15) is 5.72 Å². The van der Waals surface area contributed by atoms with Crippen molar-refractivity contribution in [2.24, 2.45) is 0 Å². The average Bonchev–Trinajstić information content (AvgIpc) is 2.55. The van der Waals surface area contributed by atoms with E-state index in [4.69, 9.17) is 4.74 Å². The molecule has 1 saturated heterocycles. The van der Waals surface area contributed by atoms with Gasteiger partial charge in [0.2, 0.25) is 0 Å². The van der Waals surface area contributed by atoms with Gasteiger partial charge < -0.3 is 14.9 Å². The Labute approximate surface area is 125 Å². The van der Waals surface area contributed by atoms with Crippen LogP contribution in [-0.2, 0) is 4.74 Å². The zero-order valence-electron chi connectivity index (χ0n) is 12.9. The standard InChI is InChI=1S/C16H23NO4/c1-15(2)13(17(14(19)20)16(3,4)21-15)10-12(18)11-8-6-5-7-9-11/h5-9,12-13,18H,10H2,1-4H3,(H,19,20)/t12-,13+/m1/s1. The van der Waals surface area contributed by atoms with Crippen LogP contribution in [0.2, 0.25) is 0 Å². The van der Waals surface area contributed by atoms with E-state index in [1.54, 1.807) is 13.8 Å². The number of hydrogen-bond donors (Lipinski definition) is 2. The van der Waals surface area contributed by atoms with Gasteiger partial charge in [0, 0.05) is 6.42 Å². The molecule has 0 aromatic heterocycles. The van der Waals surface area contributed by atoms with E-state index in [9.17, 15) is 15.0 Å². The normalized spacial score (nSPS) is 24.8. The second kappa shape index (κ2) is 5.31. The molecule has 0 saturated carbocycles. The van der Waals surface area contributed by atoms with Gasteiger partial charge in [-0.1, -0.05) is 30.3 Å². The number of carbonyl (C=O) groups is 1. The van der Waals surface area contributed by atoms with Crippen molar-refractivity contribution in [1.82, 2.24) is 4.90 Å². The minimum Gasteiger partial charge on any atom is -0.465 e. The summed E-state index contributed by atoms with van der Waals surface area (Å²) < 4.78 is 5.89. The molecule has 0 unspecified atom stereocenters. The lowest BCUT2D eigenvalue weighted by Gasteiger charge is -2.32. The van der Waals surface area contributed by atoms with E-state index in [2.05, 4.69) is 0 Å². The van der Waals surface area contributed by atoms with Crippen LogP contribution in [0.15, 0.2) is 30.3 Å². The molecule has 5 heteroatoms. The molecule has 0 spiro atoms. The lowest BCUT2D eigenvalue weighted by Crippen LogP contribution is -2.49. The number of carboxylic acid groups (broad SMARTS) is 1. The zero-order valence-corrected chi connectivity index (χ0v) is 12.9. The van der Waals surface area contributed by atoms with E-state index >= 15 is 0 Å². The van der Waals surface area contributed by atoms with E-state index in [-0.39, 0.29) is 0 Å². The summed E-state index contributed by atoms with van der Waals surface area (Å²) in [6.45, 7) is 7.19. The Morgan fingerprint density at radius 2 is 1.86 bits per heavy atom. The summed E-state index contributed by atoms with van der Waals surface area (Å²) in [5.74, 6) is 0. The lowest BCUT2D eigenvalue weighted by molar-refractivity contribution is -0.0970. The molecule has 1 aromatic carbocycles. The largest absolute Gasteiger partial charge is 0.465 e. The molecule has 2 N–H and O–H groups in total. The first-order valence-corrected chi connectivity index (χ1v) is 7.10. The maximum Gasteiger partial charge on any atom is 0.409 e. The fraction of sp³-hybridized carbons (Fsp3) is 0.562. The Balaban J connectivity index is 2.26. The number of amides is 1. The highest BCUT2D eigenvalue weighted by Gasteiger charge is 2.54. The molecule has 0 radical (unpaired) electrons. The first-order valence-electron chi connectivity index (χ1n) is 7.10. The van der Waals surface area contributed by atoms with Gasteiger partial charge in [0.05, 0.1) is 17.7 Å². The molecule has 5 nitrogen and oxygen atoms in total. The van der Waals surface area contributed by atoms with Gasteiger partial charge in [-0.3, -0.25) is 4.90 Å². The fourth-order valence-corrected chi connectivity index (χ4v) is 3.22. The maximum atomic E-state index is 11.6. The molecule has 0 aliphatic carbocycles. The molecule has 116 valence electrons. The summed E-state index contributed by atoms with van der Waals surface area (Å²) in [6, 6.07) is 8.85. The highest BCUT2D eigenvalue weighted by molar-refractivity contribution is 5.67. The summed E-state index contributed by atoms with van der Waals surface area (Å²) in [4.78, 5) is 12.9. The van der Waals surface area contributed by atoms with Gasteiger partial charge in [0.25, 0.3) is 0 Å². The monoisotopic (exact) mass is 293 g/mol. The number of benzene rings is 1. The molecule has 2 rings (SSSR count). The van der Waals surface area contributed by atoms with Crippen LogP contribution in [0.25, 0.3) is 0 Å². The number of hydrogen-bond acceptors (Lipinski definition) is 3. The van der Waals surface area contributed by atoms with Crippen LogP contribution in [0, 0.1) is 0 Å². The molecule has 0 bridgehead atoms. The summed E-state index contributed by atoms with van der Waals surface area (Å²) in [7, 11) is 0. The highest BCUT2D eigenvalue weighted by atomic mass is 16.6. The Kier molecular flexibility index (Phi) is 4.00. The van der Waals surface area contributed by atoms with Crippen molar-refractivity contribution >= 4 is 6.09 Å². The Bertz CT molecular complexity index is 512. The van der Waals surface area contributed by atoms with E-state index in [1.807, 2.05) is 44.2 Å². The topological polar surface area (TPSA) is 70.0 Å². The Morgan fingerprint density at radius 3 is 2.38 bits per heavy atom. The number of rotatable bonds is 3. The van der Waals surface area contributed by atoms with Crippen LogP contribution in [0.4, 0.5) is 4.79 Å². The van der Waals surface area contributed by atoms with Gasteiger partial charge in [-0.05, 0) is 33.3 Å². The van der Waals surface area contributed by atoms with Crippen molar-refractivity contribution in [2.75, 3.05) is 0 Å². The Morgan fingerprint density at radius 1 is 1.29 bits per heavy atom. The van der Waals surface area contributed by atoms with Gasteiger partial charge in [0.15, 0.2) is 0 Å². The van der Waals surface area contributed by atoms with Crippen molar-refractivity contribution in [3.05, 3.63) is 35.9 Å². The van der Waals surface area contributed by atoms with E-state index in [1.165, 1.54) is 4.90 Å². The number of nitrogens with zero attached hydrogens (tertiary/aromatic N) is 1.